The second kappa shape index (κ2) is 4.04. The smallest absolute Gasteiger partial charge is 0.376 e. The third kappa shape index (κ3) is 2.03. The molecule has 1 fully saturated rings. The van der Waals surface area contributed by atoms with Gasteiger partial charge in [0.1, 0.15) is 0 Å². The number of carbonyl (C=O) groups excluding carboxylic acids is 1. The highest BCUT2D eigenvalue weighted by Crippen LogP contribution is 2.41. The molecule has 0 unspecified atom stereocenters. The molecule has 1 heterocycles. The molecule has 1 aliphatic carbocycles. The lowest BCUT2D eigenvalue weighted by molar-refractivity contribution is 0.0486. The molecular formula is C11H15NO3. The van der Waals surface area contributed by atoms with Crippen LogP contribution in [0.2, 0.25) is 0 Å². The van der Waals surface area contributed by atoms with Gasteiger partial charge in [0.05, 0.1) is 12.3 Å². The number of aromatic nitrogens is 1. The SMILES string of the molecule is CCOC(=O)c1oc(CC)nc1C1CC1. The van der Waals surface area contributed by atoms with Crippen molar-refractivity contribution >= 4 is 5.97 Å². The van der Waals surface area contributed by atoms with Crippen LogP contribution in [0.3, 0.4) is 0 Å². The molecule has 0 spiro atoms. The first-order chi connectivity index (χ1) is 7.26. The van der Waals surface area contributed by atoms with Gasteiger partial charge >= 0.3 is 5.97 Å². The minimum absolute atomic E-state index is 0.316. The molecule has 1 saturated carbocycles. The Kier molecular flexibility index (Phi) is 2.75. The molecule has 0 saturated heterocycles. The Bertz CT molecular complexity index is 366. The van der Waals surface area contributed by atoms with E-state index in [0.717, 1.165) is 18.5 Å². The number of oxazole rings is 1. The molecule has 0 N–H and O–H groups in total. The zero-order valence-corrected chi connectivity index (χ0v) is 9.08. The van der Waals surface area contributed by atoms with Crippen LogP contribution in [-0.4, -0.2) is 17.6 Å². The van der Waals surface area contributed by atoms with Crippen molar-refractivity contribution in [2.24, 2.45) is 0 Å². The molecule has 4 heteroatoms. The summed E-state index contributed by atoms with van der Waals surface area (Å²) in [5.41, 5.74) is 0.797. The second-order valence-electron chi connectivity index (χ2n) is 3.67. The number of hydrogen-bond acceptors (Lipinski definition) is 4. The standard InChI is InChI=1S/C11H15NO3/c1-3-8-12-9(7-5-6-7)10(15-8)11(13)14-4-2/h7H,3-6H2,1-2H3. The van der Waals surface area contributed by atoms with Crippen LogP contribution in [0.4, 0.5) is 0 Å². The molecule has 0 aliphatic heterocycles. The van der Waals surface area contributed by atoms with Crippen LogP contribution in [0.5, 0.6) is 0 Å². The Morgan fingerprint density at radius 1 is 1.53 bits per heavy atom. The fourth-order valence-corrected chi connectivity index (χ4v) is 1.51. The van der Waals surface area contributed by atoms with Crippen molar-refractivity contribution in [1.82, 2.24) is 4.98 Å². The molecule has 1 aromatic rings. The summed E-state index contributed by atoms with van der Waals surface area (Å²) in [5.74, 6) is 0.969. The minimum atomic E-state index is -0.383. The lowest BCUT2D eigenvalue weighted by Crippen LogP contribution is -2.05. The summed E-state index contributed by atoms with van der Waals surface area (Å²) < 4.78 is 10.3. The zero-order valence-electron chi connectivity index (χ0n) is 9.08. The number of ether oxygens (including phenoxy) is 1. The van der Waals surface area contributed by atoms with Crippen LogP contribution in [0.25, 0.3) is 0 Å². The van der Waals surface area contributed by atoms with Crippen LogP contribution >= 0.6 is 0 Å². The molecule has 1 aliphatic rings. The Morgan fingerprint density at radius 2 is 2.27 bits per heavy atom. The molecule has 2 rings (SSSR count). The molecule has 0 amide bonds. The summed E-state index contributed by atoms with van der Waals surface area (Å²) in [6.07, 6.45) is 2.91. The van der Waals surface area contributed by atoms with Crippen LogP contribution in [-0.2, 0) is 11.2 Å². The van der Waals surface area contributed by atoms with Gasteiger partial charge in [-0.15, -0.1) is 0 Å². The zero-order chi connectivity index (χ0) is 10.8. The van der Waals surface area contributed by atoms with Crippen molar-refractivity contribution in [3.63, 3.8) is 0 Å². The summed E-state index contributed by atoms with van der Waals surface area (Å²) in [6, 6.07) is 0. The second-order valence-corrected chi connectivity index (χ2v) is 3.67. The van der Waals surface area contributed by atoms with Gasteiger partial charge in [0, 0.05) is 12.3 Å². The quantitative estimate of drug-likeness (QED) is 0.714. The lowest BCUT2D eigenvalue weighted by atomic mass is 10.2. The van der Waals surface area contributed by atoms with Gasteiger partial charge in [0.15, 0.2) is 5.89 Å². The molecule has 0 radical (unpaired) electrons. The van der Waals surface area contributed by atoms with Gasteiger partial charge in [0.25, 0.3) is 0 Å². The van der Waals surface area contributed by atoms with E-state index in [2.05, 4.69) is 4.98 Å². The van der Waals surface area contributed by atoms with Crippen molar-refractivity contribution in [3.8, 4) is 0 Å². The van der Waals surface area contributed by atoms with Crippen molar-refractivity contribution in [3.05, 3.63) is 17.3 Å². The first-order valence-corrected chi connectivity index (χ1v) is 5.43. The molecule has 0 atom stereocenters. The van der Waals surface area contributed by atoms with E-state index in [1.54, 1.807) is 6.92 Å². The van der Waals surface area contributed by atoms with Crippen LogP contribution in [0, 0.1) is 0 Å². The minimum Gasteiger partial charge on any atom is -0.460 e. The van der Waals surface area contributed by atoms with Crippen molar-refractivity contribution in [2.75, 3.05) is 6.61 Å². The van der Waals surface area contributed by atoms with E-state index in [4.69, 9.17) is 9.15 Å². The van der Waals surface area contributed by atoms with Gasteiger partial charge in [-0.1, -0.05) is 6.92 Å². The van der Waals surface area contributed by atoms with Crippen LogP contribution < -0.4 is 0 Å². The third-order valence-electron chi connectivity index (χ3n) is 2.42. The fourth-order valence-electron chi connectivity index (χ4n) is 1.51. The van der Waals surface area contributed by atoms with E-state index in [-0.39, 0.29) is 5.97 Å². The van der Waals surface area contributed by atoms with Gasteiger partial charge in [-0.25, -0.2) is 9.78 Å². The Balaban J connectivity index is 2.26. The maximum absolute atomic E-state index is 11.6. The fraction of sp³-hybridized carbons (Fsp3) is 0.636. The predicted octanol–water partition coefficient (Wildman–Crippen LogP) is 2.29. The number of nitrogens with zero attached hydrogens (tertiary/aromatic N) is 1. The van der Waals surface area contributed by atoms with E-state index in [1.165, 1.54) is 0 Å². The van der Waals surface area contributed by atoms with E-state index < -0.39 is 0 Å². The number of esters is 1. The van der Waals surface area contributed by atoms with Crippen molar-refractivity contribution in [1.29, 1.82) is 0 Å². The summed E-state index contributed by atoms with van der Waals surface area (Å²) in [4.78, 5) is 15.9. The highest BCUT2D eigenvalue weighted by Gasteiger charge is 2.33. The third-order valence-corrected chi connectivity index (χ3v) is 2.42. The predicted molar refractivity (Wildman–Crippen MR) is 53.8 cm³/mol. The van der Waals surface area contributed by atoms with Gasteiger partial charge in [-0.3, -0.25) is 0 Å². The first-order valence-electron chi connectivity index (χ1n) is 5.43. The highest BCUT2D eigenvalue weighted by molar-refractivity contribution is 5.87. The lowest BCUT2D eigenvalue weighted by Gasteiger charge is -1.98. The molecule has 4 nitrogen and oxygen atoms in total. The molecular weight excluding hydrogens is 194 g/mol. The van der Waals surface area contributed by atoms with Crippen LogP contribution in [0.1, 0.15) is 54.7 Å². The summed E-state index contributed by atoms with van der Waals surface area (Å²) in [7, 11) is 0. The number of carbonyl (C=O) groups is 1. The number of rotatable bonds is 4. The molecule has 15 heavy (non-hydrogen) atoms. The van der Waals surface area contributed by atoms with Gasteiger partial charge < -0.3 is 9.15 Å². The molecule has 1 aromatic heterocycles. The Morgan fingerprint density at radius 3 is 2.80 bits per heavy atom. The number of aryl methyl sites for hydroxylation is 1. The van der Waals surface area contributed by atoms with E-state index >= 15 is 0 Å². The van der Waals surface area contributed by atoms with Crippen molar-refractivity contribution in [2.45, 2.75) is 39.0 Å². The van der Waals surface area contributed by atoms with Gasteiger partial charge in [-0.2, -0.15) is 0 Å². The maximum Gasteiger partial charge on any atom is 0.376 e. The first kappa shape index (κ1) is 10.2. The Labute approximate surface area is 88.6 Å². The summed E-state index contributed by atoms with van der Waals surface area (Å²) in [6.45, 7) is 4.11. The van der Waals surface area contributed by atoms with E-state index in [0.29, 0.717) is 30.6 Å². The van der Waals surface area contributed by atoms with Gasteiger partial charge in [-0.05, 0) is 19.8 Å². The maximum atomic E-state index is 11.6. The summed E-state index contributed by atoms with van der Waals surface area (Å²) in [5, 5.41) is 0. The topological polar surface area (TPSA) is 52.3 Å². The molecule has 82 valence electrons. The largest absolute Gasteiger partial charge is 0.460 e. The van der Waals surface area contributed by atoms with Crippen molar-refractivity contribution < 1.29 is 13.9 Å². The Hall–Kier alpha value is -1.32. The average Bonchev–Trinajstić information content (AvgIpc) is 2.98. The van der Waals surface area contributed by atoms with E-state index in [9.17, 15) is 4.79 Å². The monoisotopic (exact) mass is 209 g/mol. The van der Waals surface area contributed by atoms with Gasteiger partial charge in [0.2, 0.25) is 5.76 Å². The number of hydrogen-bond donors (Lipinski definition) is 0. The van der Waals surface area contributed by atoms with Crippen LogP contribution in [0.15, 0.2) is 4.42 Å². The summed E-state index contributed by atoms with van der Waals surface area (Å²) >= 11 is 0. The molecule has 0 aromatic carbocycles. The highest BCUT2D eigenvalue weighted by atomic mass is 16.5. The van der Waals surface area contributed by atoms with E-state index in [1.807, 2.05) is 6.92 Å². The normalized spacial score (nSPS) is 15.3. The average molecular weight is 209 g/mol. The molecule has 0 bridgehead atoms.